The molecule has 94 valence electrons. The molecule has 0 fully saturated rings. The van der Waals surface area contributed by atoms with E-state index in [1.165, 1.54) is 0 Å². The third-order valence-electron chi connectivity index (χ3n) is 2.54. The molecule has 0 saturated heterocycles. The van der Waals surface area contributed by atoms with Crippen LogP contribution in [0.15, 0.2) is 45.6 Å². The highest BCUT2D eigenvalue weighted by Gasteiger charge is 2.11. The van der Waals surface area contributed by atoms with Crippen molar-refractivity contribution in [3.63, 3.8) is 0 Å². The van der Waals surface area contributed by atoms with Crippen LogP contribution in [0.3, 0.4) is 0 Å². The zero-order valence-electron chi connectivity index (χ0n) is 9.58. The Bertz CT molecular complexity index is 819. The second-order valence-electron chi connectivity index (χ2n) is 3.78. The smallest absolute Gasteiger partial charge is 0.284 e. The summed E-state index contributed by atoms with van der Waals surface area (Å²) in [5.74, 6) is 0.144. The fourth-order valence-corrected chi connectivity index (χ4v) is 1.79. The Morgan fingerprint density at radius 3 is 2.58 bits per heavy atom. The lowest BCUT2D eigenvalue weighted by Gasteiger charge is -2.00. The third-order valence-corrected chi connectivity index (χ3v) is 2.72. The normalized spacial score (nSPS) is 10.5. The van der Waals surface area contributed by atoms with Gasteiger partial charge in [-0.15, -0.1) is 5.10 Å². The quantitative estimate of drug-likeness (QED) is 0.698. The van der Waals surface area contributed by atoms with Gasteiger partial charge in [-0.25, -0.2) is 10.2 Å². The Kier molecular flexibility index (Phi) is 2.81. The van der Waals surface area contributed by atoms with Crippen molar-refractivity contribution in [2.75, 3.05) is 0 Å². The van der Waals surface area contributed by atoms with E-state index in [1.807, 2.05) is 30.3 Å². The summed E-state index contributed by atoms with van der Waals surface area (Å²) in [5, 5.41) is 12.7. The molecular weight excluding hydrogens is 264 g/mol. The van der Waals surface area contributed by atoms with Crippen molar-refractivity contribution in [1.29, 1.82) is 0 Å². The Hall–Kier alpha value is -2.54. The number of hydrogen-bond donors (Lipinski definition) is 2. The summed E-state index contributed by atoms with van der Waals surface area (Å²) in [5.41, 5.74) is 1.40. The molecule has 2 N–H and O–H groups in total. The van der Waals surface area contributed by atoms with E-state index in [1.54, 1.807) is 6.07 Å². The van der Waals surface area contributed by atoms with Crippen molar-refractivity contribution in [2.24, 2.45) is 0 Å². The van der Waals surface area contributed by atoms with Gasteiger partial charge >= 0.3 is 0 Å². The molecule has 0 unspecified atom stereocenters. The molecule has 0 aliphatic heterocycles. The standard InChI is InChI=1S/C12H8N4O2S/c17-10-8(11-15-16-12(19)18-11)6-9(13-14-10)7-4-2-1-3-5-7/h1-6H,(H,14,17)(H,16,19). The first-order chi connectivity index (χ1) is 9.24. The van der Waals surface area contributed by atoms with Gasteiger partial charge in [0.25, 0.3) is 16.3 Å². The topological polar surface area (TPSA) is 87.6 Å². The summed E-state index contributed by atoms with van der Waals surface area (Å²) in [7, 11) is 0. The van der Waals surface area contributed by atoms with Crippen molar-refractivity contribution >= 4 is 12.2 Å². The lowest BCUT2D eigenvalue weighted by Crippen LogP contribution is -2.11. The summed E-state index contributed by atoms with van der Waals surface area (Å²) in [4.78, 5) is 11.9. The van der Waals surface area contributed by atoms with Crippen molar-refractivity contribution in [1.82, 2.24) is 20.4 Å². The van der Waals surface area contributed by atoms with E-state index >= 15 is 0 Å². The number of hydrogen-bond acceptors (Lipinski definition) is 5. The Balaban J connectivity index is 2.16. The Labute approximate surface area is 112 Å². The van der Waals surface area contributed by atoms with Gasteiger partial charge in [-0.1, -0.05) is 30.3 Å². The minimum absolute atomic E-state index is 0.118. The summed E-state index contributed by atoms with van der Waals surface area (Å²) in [6, 6.07) is 11.1. The molecular formula is C12H8N4O2S. The number of benzene rings is 1. The molecule has 3 aromatic rings. The van der Waals surface area contributed by atoms with Crippen LogP contribution in [0.2, 0.25) is 0 Å². The molecule has 0 aliphatic rings. The van der Waals surface area contributed by atoms with Crippen LogP contribution < -0.4 is 5.56 Å². The molecule has 0 bridgehead atoms. The van der Waals surface area contributed by atoms with Crippen molar-refractivity contribution in [2.45, 2.75) is 0 Å². The fourth-order valence-electron chi connectivity index (χ4n) is 1.67. The SMILES string of the molecule is O=c1[nH]nc(-c2ccccc2)cc1-c1n[nH]c(=S)o1. The van der Waals surface area contributed by atoms with E-state index in [0.29, 0.717) is 5.69 Å². The molecule has 3 rings (SSSR count). The van der Waals surface area contributed by atoms with Gasteiger partial charge in [0.2, 0.25) is 0 Å². The van der Waals surface area contributed by atoms with Gasteiger partial charge < -0.3 is 4.42 Å². The average molecular weight is 272 g/mol. The Morgan fingerprint density at radius 1 is 1.11 bits per heavy atom. The average Bonchev–Trinajstić information content (AvgIpc) is 2.87. The van der Waals surface area contributed by atoms with E-state index in [0.717, 1.165) is 5.56 Å². The van der Waals surface area contributed by atoms with E-state index in [4.69, 9.17) is 16.6 Å². The first-order valence-electron chi connectivity index (χ1n) is 5.45. The van der Waals surface area contributed by atoms with Crippen LogP contribution in [0, 0.1) is 4.84 Å². The fraction of sp³-hybridized carbons (Fsp3) is 0. The van der Waals surface area contributed by atoms with Crippen LogP contribution in [-0.4, -0.2) is 20.4 Å². The summed E-state index contributed by atoms with van der Waals surface area (Å²) >= 11 is 4.79. The molecule has 7 heteroatoms. The third kappa shape index (κ3) is 2.23. The van der Waals surface area contributed by atoms with Gasteiger partial charge in [0.05, 0.1) is 5.69 Å². The molecule has 0 atom stereocenters. The molecule has 0 amide bonds. The van der Waals surface area contributed by atoms with Crippen molar-refractivity contribution < 1.29 is 4.42 Å². The first-order valence-corrected chi connectivity index (χ1v) is 5.86. The van der Waals surface area contributed by atoms with Gasteiger partial charge in [0.15, 0.2) is 0 Å². The minimum Gasteiger partial charge on any atom is -0.409 e. The van der Waals surface area contributed by atoms with Crippen molar-refractivity contribution in [3.8, 4) is 22.7 Å². The lowest BCUT2D eigenvalue weighted by atomic mass is 10.1. The van der Waals surface area contributed by atoms with Gasteiger partial charge in [-0.2, -0.15) is 5.10 Å². The van der Waals surface area contributed by atoms with E-state index in [2.05, 4.69) is 20.4 Å². The monoisotopic (exact) mass is 272 g/mol. The molecule has 1 aromatic carbocycles. The predicted molar refractivity (Wildman–Crippen MR) is 71.0 cm³/mol. The number of rotatable bonds is 2. The molecule has 0 saturated carbocycles. The molecule has 19 heavy (non-hydrogen) atoms. The van der Waals surface area contributed by atoms with E-state index in [9.17, 15) is 4.79 Å². The molecule has 6 nitrogen and oxygen atoms in total. The second-order valence-corrected chi connectivity index (χ2v) is 4.15. The number of nitrogens with one attached hydrogen (secondary N) is 2. The Morgan fingerprint density at radius 2 is 1.89 bits per heavy atom. The summed E-state index contributed by atoms with van der Waals surface area (Å²) < 4.78 is 5.14. The number of aromatic nitrogens is 4. The molecule has 0 radical (unpaired) electrons. The van der Waals surface area contributed by atoms with Crippen molar-refractivity contribution in [3.05, 3.63) is 51.6 Å². The van der Waals surface area contributed by atoms with Crippen LogP contribution in [-0.2, 0) is 0 Å². The summed E-state index contributed by atoms with van der Waals surface area (Å²) in [6.07, 6.45) is 0. The molecule has 0 spiro atoms. The van der Waals surface area contributed by atoms with Crippen LogP contribution in [0.5, 0.6) is 0 Å². The molecule has 2 heterocycles. The second kappa shape index (κ2) is 4.62. The summed E-state index contributed by atoms with van der Waals surface area (Å²) in [6.45, 7) is 0. The maximum atomic E-state index is 11.7. The van der Waals surface area contributed by atoms with Gasteiger partial charge in [-0.05, 0) is 18.3 Å². The van der Waals surface area contributed by atoms with Gasteiger partial charge in [0, 0.05) is 5.56 Å². The maximum absolute atomic E-state index is 11.7. The highest BCUT2D eigenvalue weighted by Crippen LogP contribution is 2.19. The van der Waals surface area contributed by atoms with Crippen LogP contribution in [0.4, 0.5) is 0 Å². The van der Waals surface area contributed by atoms with Crippen LogP contribution >= 0.6 is 12.2 Å². The predicted octanol–water partition coefficient (Wildman–Crippen LogP) is 2.15. The molecule has 0 aliphatic carbocycles. The highest BCUT2D eigenvalue weighted by molar-refractivity contribution is 7.71. The zero-order valence-corrected chi connectivity index (χ0v) is 10.4. The highest BCUT2D eigenvalue weighted by atomic mass is 32.1. The van der Waals surface area contributed by atoms with Gasteiger partial charge in [-0.3, -0.25) is 4.79 Å². The maximum Gasteiger partial charge on any atom is 0.284 e. The largest absolute Gasteiger partial charge is 0.409 e. The van der Waals surface area contributed by atoms with E-state index < -0.39 is 0 Å². The number of aromatic amines is 2. The number of H-pyrrole nitrogens is 2. The van der Waals surface area contributed by atoms with E-state index in [-0.39, 0.29) is 21.9 Å². The number of nitrogens with zero attached hydrogens (tertiary/aromatic N) is 2. The van der Waals surface area contributed by atoms with Crippen LogP contribution in [0.25, 0.3) is 22.7 Å². The van der Waals surface area contributed by atoms with Crippen LogP contribution in [0.1, 0.15) is 0 Å². The lowest BCUT2D eigenvalue weighted by molar-refractivity contribution is 0.551. The molecule has 2 aromatic heterocycles. The first kappa shape index (κ1) is 11.5. The minimum atomic E-state index is -0.384. The van der Waals surface area contributed by atoms with Gasteiger partial charge in [0.1, 0.15) is 5.56 Å². The zero-order chi connectivity index (χ0) is 13.2.